The minimum atomic E-state index is -2.80. The quantitative estimate of drug-likeness (QED) is 0.273. The Morgan fingerprint density at radius 2 is 1.30 bits per heavy atom. The average Bonchev–Trinajstić information content (AvgIpc) is 2.16. The Balaban J connectivity index is -0.000000427. The van der Waals surface area contributed by atoms with Crippen molar-refractivity contribution >= 4 is 24.0 Å². The first kappa shape index (κ1) is 26.6. The van der Waals surface area contributed by atoms with Crippen LogP contribution in [0.15, 0.2) is 0 Å². The van der Waals surface area contributed by atoms with Gasteiger partial charge in [-0.15, -0.1) is 0 Å². The standard InChI is InChI=1S/C8H11NO8.Fe.2H3N/c1-9(7(16)17)8(5(12)13,6(14)15)3-2-4(10)11;;;/h2-3H2,1H3,(H,10,11)(H,12,13)(H,14,15)(H,16,17);;2*1H3. The molecule has 1 amide bonds. The van der Waals surface area contributed by atoms with E-state index >= 15 is 0 Å². The van der Waals surface area contributed by atoms with Crippen molar-refractivity contribution in [2.24, 2.45) is 0 Å². The minimum Gasteiger partial charge on any atom is -0.481 e. The summed E-state index contributed by atoms with van der Waals surface area (Å²) in [5, 5.41) is 34.7. The number of carbonyl (C=O) groups is 4. The van der Waals surface area contributed by atoms with Gasteiger partial charge in [-0.1, -0.05) is 0 Å². The van der Waals surface area contributed by atoms with Crippen LogP contribution in [0.1, 0.15) is 12.8 Å². The van der Waals surface area contributed by atoms with Crippen LogP contribution in [-0.4, -0.2) is 61.9 Å². The molecular formula is C8H17FeN3O8. The SMILES string of the molecule is CN(C(=O)O)C(CCC(=O)O)(C(=O)O)C(=O)O.N.N.[Fe]. The van der Waals surface area contributed by atoms with Crippen LogP contribution in [0, 0.1) is 0 Å². The summed E-state index contributed by atoms with van der Waals surface area (Å²) in [4.78, 5) is 42.9. The van der Waals surface area contributed by atoms with Crippen LogP contribution in [0.5, 0.6) is 0 Å². The van der Waals surface area contributed by atoms with Gasteiger partial charge in [-0.2, -0.15) is 0 Å². The van der Waals surface area contributed by atoms with Crippen LogP contribution in [0.25, 0.3) is 0 Å². The summed E-state index contributed by atoms with van der Waals surface area (Å²) in [5.74, 6) is -5.29. The summed E-state index contributed by atoms with van der Waals surface area (Å²) in [6, 6.07) is 0. The van der Waals surface area contributed by atoms with E-state index in [0.717, 1.165) is 7.05 Å². The van der Waals surface area contributed by atoms with Crippen molar-refractivity contribution in [1.29, 1.82) is 0 Å². The predicted molar refractivity (Wildman–Crippen MR) is 60.7 cm³/mol. The number of amides is 1. The van der Waals surface area contributed by atoms with Crippen LogP contribution >= 0.6 is 0 Å². The van der Waals surface area contributed by atoms with Gasteiger partial charge in [0.05, 0.1) is 0 Å². The molecule has 0 aromatic rings. The number of nitrogens with zero attached hydrogens (tertiary/aromatic N) is 1. The molecule has 0 aliphatic carbocycles. The Hall–Kier alpha value is -1.88. The van der Waals surface area contributed by atoms with Crippen molar-refractivity contribution in [1.82, 2.24) is 17.2 Å². The summed E-state index contributed by atoms with van der Waals surface area (Å²) in [6.45, 7) is 0. The van der Waals surface area contributed by atoms with E-state index in [1.807, 2.05) is 0 Å². The summed E-state index contributed by atoms with van der Waals surface area (Å²) in [5.41, 5.74) is -2.80. The number of carboxylic acids is 3. The van der Waals surface area contributed by atoms with E-state index < -0.39 is 42.4 Å². The molecule has 20 heavy (non-hydrogen) atoms. The average molecular weight is 339 g/mol. The Bertz CT molecular complexity index is 361. The Kier molecular flexibility index (Phi) is 13.3. The van der Waals surface area contributed by atoms with Gasteiger partial charge in [-0.05, 0) is 0 Å². The van der Waals surface area contributed by atoms with Crippen molar-refractivity contribution in [2.45, 2.75) is 18.4 Å². The molecule has 11 nitrogen and oxygen atoms in total. The largest absolute Gasteiger partial charge is 0.481 e. The van der Waals surface area contributed by atoms with Crippen molar-refractivity contribution in [2.75, 3.05) is 7.05 Å². The Morgan fingerprint density at radius 1 is 0.950 bits per heavy atom. The third-order valence-corrected chi connectivity index (χ3v) is 2.27. The second-order valence-electron chi connectivity index (χ2n) is 3.21. The second-order valence-corrected chi connectivity index (χ2v) is 3.21. The normalized spacial score (nSPS) is 9.05. The van der Waals surface area contributed by atoms with Gasteiger partial charge in [0.1, 0.15) is 0 Å². The summed E-state index contributed by atoms with van der Waals surface area (Å²) in [7, 11) is 0.756. The van der Waals surface area contributed by atoms with Gasteiger partial charge in [0.25, 0.3) is 0 Å². The van der Waals surface area contributed by atoms with Crippen molar-refractivity contribution in [3.05, 3.63) is 0 Å². The van der Waals surface area contributed by atoms with Gasteiger partial charge in [-0.3, -0.25) is 9.69 Å². The van der Waals surface area contributed by atoms with Crippen LogP contribution in [0.3, 0.4) is 0 Å². The van der Waals surface area contributed by atoms with E-state index in [4.69, 9.17) is 20.4 Å². The van der Waals surface area contributed by atoms with E-state index in [0.29, 0.717) is 0 Å². The molecule has 120 valence electrons. The van der Waals surface area contributed by atoms with E-state index in [2.05, 4.69) is 0 Å². The van der Waals surface area contributed by atoms with Crippen molar-refractivity contribution < 1.29 is 56.7 Å². The second kappa shape index (κ2) is 9.97. The molecule has 0 unspecified atom stereocenters. The molecular weight excluding hydrogens is 322 g/mol. The molecule has 0 rings (SSSR count). The molecule has 0 aliphatic heterocycles. The summed E-state index contributed by atoms with van der Waals surface area (Å²) >= 11 is 0. The van der Waals surface area contributed by atoms with Gasteiger partial charge in [0.15, 0.2) is 0 Å². The smallest absolute Gasteiger partial charge is 0.408 e. The zero-order chi connectivity index (χ0) is 13.8. The molecule has 0 aliphatic rings. The number of carboxylic acid groups (broad SMARTS) is 4. The van der Waals surface area contributed by atoms with Crippen molar-refractivity contribution in [3.63, 3.8) is 0 Å². The van der Waals surface area contributed by atoms with E-state index in [9.17, 15) is 19.2 Å². The molecule has 0 atom stereocenters. The molecule has 0 fully saturated rings. The topological polar surface area (TPSA) is 222 Å². The zero-order valence-corrected chi connectivity index (χ0v) is 11.7. The fraction of sp³-hybridized carbons (Fsp3) is 0.500. The number of hydrogen-bond acceptors (Lipinski definition) is 6. The molecule has 0 aromatic carbocycles. The zero-order valence-electron chi connectivity index (χ0n) is 10.6. The molecule has 0 aromatic heterocycles. The summed E-state index contributed by atoms with van der Waals surface area (Å²) in [6.07, 6.45) is -3.42. The maximum atomic E-state index is 10.9. The van der Waals surface area contributed by atoms with E-state index in [1.165, 1.54) is 0 Å². The van der Waals surface area contributed by atoms with Gasteiger partial charge in [-0.25, -0.2) is 14.4 Å². The Morgan fingerprint density at radius 3 is 1.50 bits per heavy atom. The van der Waals surface area contributed by atoms with Gasteiger partial charge < -0.3 is 32.7 Å². The molecule has 0 saturated heterocycles. The molecule has 0 spiro atoms. The summed E-state index contributed by atoms with van der Waals surface area (Å²) < 4.78 is 0. The minimum absolute atomic E-state index is 0. The number of rotatable bonds is 6. The molecule has 0 bridgehead atoms. The van der Waals surface area contributed by atoms with Crippen LogP contribution in [-0.2, 0) is 31.5 Å². The number of likely N-dealkylation sites (N-methyl/N-ethyl adjacent to an activating group) is 1. The van der Waals surface area contributed by atoms with Crippen LogP contribution in [0.4, 0.5) is 4.79 Å². The number of aliphatic carboxylic acids is 3. The first-order valence-corrected chi connectivity index (χ1v) is 4.31. The first-order chi connectivity index (χ1) is 7.66. The van der Waals surface area contributed by atoms with Gasteiger partial charge >= 0.3 is 24.0 Å². The van der Waals surface area contributed by atoms with Crippen LogP contribution in [0.2, 0.25) is 0 Å². The number of hydrogen-bond donors (Lipinski definition) is 6. The monoisotopic (exact) mass is 339 g/mol. The van der Waals surface area contributed by atoms with Gasteiger partial charge in [0.2, 0.25) is 5.54 Å². The molecule has 10 N–H and O–H groups in total. The molecule has 0 saturated carbocycles. The maximum Gasteiger partial charge on any atom is 0.408 e. The van der Waals surface area contributed by atoms with E-state index in [-0.39, 0.29) is 34.3 Å². The van der Waals surface area contributed by atoms with Gasteiger partial charge in [0, 0.05) is 37.0 Å². The predicted octanol–water partition coefficient (Wildman–Crippen LogP) is -0.309. The Labute approximate surface area is 124 Å². The third kappa shape index (κ3) is 5.40. The van der Waals surface area contributed by atoms with Crippen molar-refractivity contribution in [3.8, 4) is 0 Å². The first-order valence-electron chi connectivity index (χ1n) is 4.31. The maximum absolute atomic E-state index is 10.9. The molecule has 0 radical (unpaired) electrons. The fourth-order valence-corrected chi connectivity index (χ4v) is 1.21. The molecule has 12 heteroatoms. The van der Waals surface area contributed by atoms with Crippen LogP contribution < -0.4 is 12.3 Å². The third-order valence-electron chi connectivity index (χ3n) is 2.27. The fourth-order valence-electron chi connectivity index (χ4n) is 1.21. The molecule has 0 heterocycles. The van der Waals surface area contributed by atoms with E-state index in [1.54, 1.807) is 0 Å².